The van der Waals surface area contributed by atoms with E-state index in [-0.39, 0.29) is 11.8 Å². The molecule has 1 unspecified atom stereocenters. The first-order chi connectivity index (χ1) is 15.1. The van der Waals surface area contributed by atoms with Gasteiger partial charge >= 0.3 is 0 Å². The van der Waals surface area contributed by atoms with Gasteiger partial charge in [0.25, 0.3) is 0 Å². The summed E-state index contributed by atoms with van der Waals surface area (Å²) >= 11 is 12.2. The molecule has 3 heterocycles. The molecule has 2 aromatic rings. The van der Waals surface area contributed by atoms with Gasteiger partial charge in [0.05, 0.1) is 17.5 Å². The lowest BCUT2D eigenvalue weighted by molar-refractivity contribution is -0.126. The van der Waals surface area contributed by atoms with Gasteiger partial charge in [0.15, 0.2) is 0 Å². The van der Waals surface area contributed by atoms with Crippen LogP contribution in [0, 0.1) is 5.92 Å². The summed E-state index contributed by atoms with van der Waals surface area (Å²) in [5.41, 5.74) is 0.686. The molecule has 1 N–H and O–H groups in total. The molecule has 1 atom stereocenters. The molecule has 1 aromatic heterocycles. The number of halogens is 2. The number of carbonyl (C=O) groups excluding carboxylic acids is 1. The second-order valence-corrected chi connectivity index (χ2v) is 9.25. The maximum absolute atomic E-state index is 12.6. The number of aromatic nitrogens is 2. The Morgan fingerprint density at radius 2 is 1.97 bits per heavy atom. The van der Waals surface area contributed by atoms with E-state index in [2.05, 4.69) is 25.3 Å². The van der Waals surface area contributed by atoms with E-state index in [1.165, 1.54) is 25.9 Å². The largest absolute Gasteiger partial charge is 0.356 e. The van der Waals surface area contributed by atoms with Crippen molar-refractivity contribution in [2.45, 2.75) is 38.6 Å². The molecule has 4 rings (SSSR count). The van der Waals surface area contributed by atoms with Gasteiger partial charge in [0.1, 0.15) is 0 Å². The third-order valence-corrected chi connectivity index (χ3v) is 6.57. The molecule has 1 aromatic carbocycles. The lowest BCUT2D eigenvalue weighted by Gasteiger charge is -2.30. The van der Waals surface area contributed by atoms with Gasteiger partial charge < -0.3 is 14.7 Å². The van der Waals surface area contributed by atoms with Crippen molar-refractivity contribution in [3.05, 3.63) is 34.1 Å². The number of nitrogens with zero attached hydrogens (tertiary/aromatic N) is 4. The van der Waals surface area contributed by atoms with Crippen LogP contribution in [0.5, 0.6) is 0 Å². The Balaban J connectivity index is 1.25. The number of rotatable bonds is 8. The molecule has 0 aliphatic carbocycles. The first-order valence-corrected chi connectivity index (χ1v) is 11.8. The fourth-order valence-electron chi connectivity index (χ4n) is 4.37. The highest BCUT2D eigenvalue weighted by atomic mass is 35.5. The molecule has 0 spiro atoms. The second-order valence-electron chi connectivity index (χ2n) is 8.40. The van der Waals surface area contributed by atoms with E-state index in [0.717, 1.165) is 38.9 Å². The SMILES string of the molecule is O=C(NCCCN1CCCC1)C1CCCN(Cc2nc(-c3ccc(Cl)cc3Cl)no2)C1. The molecule has 2 saturated heterocycles. The van der Waals surface area contributed by atoms with Crippen LogP contribution in [0.1, 0.15) is 38.0 Å². The van der Waals surface area contributed by atoms with Crippen LogP contribution < -0.4 is 5.32 Å². The molecule has 31 heavy (non-hydrogen) atoms. The van der Waals surface area contributed by atoms with Crippen LogP contribution in [0.4, 0.5) is 0 Å². The van der Waals surface area contributed by atoms with E-state index in [0.29, 0.717) is 40.4 Å². The third-order valence-electron chi connectivity index (χ3n) is 6.02. The van der Waals surface area contributed by atoms with Crippen molar-refractivity contribution in [1.82, 2.24) is 25.3 Å². The maximum Gasteiger partial charge on any atom is 0.241 e. The minimum absolute atomic E-state index is 0.00800. The Hall–Kier alpha value is -1.67. The summed E-state index contributed by atoms with van der Waals surface area (Å²) < 4.78 is 5.43. The van der Waals surface area contributed by atoms with Crippen LogP contribution in [0.3, 0.4) is 0 Å². The first-order valence-electron chi connectivity index (χ1n) is 11.1. The Labute approximate surface area is 193 Å². The number of likely N-dealkylation sites (tertiary alicyclic amines) is 2. The number of nitrogens with one attached hydrogen (secondary N) is 1. The van der Waals surface area contributed by atoms with Crippen molar-refractivity contribution in [3.8, 4) is 11.4 Å². The summed E-state index contributed by atoms with van der Waals surface area (Å²) in [6, 6.07) is 5.19. The number of piperidine rings is 1. The van der Waals surface area contributed by atoms with Crippen LogP contribution in [-0.2, 0) is 11.3 Å². The Bertz CT molecular complexity index is 885. The lowest BCUT2D eigenvalue weighted by Crippen LogP contribution is -2.43. The van der Waals surface area contributed by atoms with Gasteiger partial charge in [-0.1, -0.05) is 28.4 Å². The zero-order valence-corrected chi connectivity index (χ0v) is 19.2. The van der Waals surface area contributed by atoms with Gasteiger partial charge in [-0.15, -0.1) is 0 Å². The Kier molecular flexibility index (Phi) is 7.82. The molecule has 2 aliphatic rings. The average Bonchev–Trinajstić information content (AvgIpc) is 3.43. The monoisotopic (exact) mass is 465 g/mol. The highest BCUT2D eigenvalue weighted by molar-refractivity contribution is 6.36. The van der Waals surface area contributed by atoms with E-state index in [1.54, 1.807) is 18.2 Å². The van der Waals surface area contributed by atoms with Gasteiger partial charge in [0, 0.05) is 23.7 Å². The fourth-order valence-corrected chi connectivity index (χ4v) is 4.86. The van der Waals surface area contributed by atoms with E-state index in [4.69, 9.17) is 27.7 Å². The Morgan fingerprint density at radius 1 is 1.16 bits per heavy atom. The molecule has 0 radical (unpaired) electrons. The molecule has 7 nitrogen and oxygen atoms in total. The van der Waals surface area contributed by atoms with E-state index < -0.39 is 0 Å². The summed E-state index contributed by atoms with van der Waals surface area (Å²) in [4.78, 5) is 21.8. The number of benzene rings is 1. The molecular formula is C22H29Cl2N5O2. The van der Waals surface area contributed by atoms with Gasteiger partial charge in [-0.2, -0.15) is 4.98 Å². The second kappa shape index (κ2) is 10.8. The number of hydrogen-bond acceptors (Lipinski definition) is 6. The first kappa shape index (κ1) is 22.5. The zero-order chi connectivity index (χ0) is 21.6. The quantitative estimate of drug-likeness (QED) is 0.596. The zero-order valence-electron chi connectivity index (χ0n) is 17.7. The van der Waals surface area contributed by atoms with Crippen LogP contribution in [0.2, 0.25) is 10.0 Å². The van der Waals surface area contributed by atoms with Crippen LogP contribution in [0.15, 0.2) is 22.7 Å². The fraction of sp³-hybridized carbons (Fsp3) is 0.591. The van der Waals surface area contributed by atoms with Gasteiger partial charge in [-0.3, -0.25) is 9.69 Å². The normalized spacial score (nSPS) is 20.3. The molecular weight excluding hydrogens is 437 g/mol. The van der Waals surface area contributed by atoms with Crippen molar-refractivity contribution < 1.29 is 9.32 Å². The van der Waals surface area contributed by atoms with Crippen molar-refractivity contribution in [1.29, 1.82) is 0 Å². The van der Waals surface area contributed by atoms with Gasteiger partial charge in [-0.25, -0.2) is 0 Å². The highest BCUT2D eigenvalue weighted by Gasteiger charge is 2.27. The summed E-state index contributed by atoms with van der Waals surface area (Å²) in [6.45, 7) is 6.38. The van der Waals surface area contributed by atoms with Crippen LogP contribution in [-0.4, -0.2) is 65.1 Å². The minimum Gasteiger partial charge on any atom is -0.356 e. The van der Waals surface area contributed by atoms with Crippen molar-refractivity contribution >= 4 is 29.1 Å². The molecule has 0 saturated carbocycles. The van der Waals surface area contributed by atoms with Crippen molar-refractivity contribution in [2.75, 3.05) is 39.3 Å². The standard InChI is InChI=1S/C22H29Cl2N5O2/c23-17-6-7-18(19(24)13-17)21-26-20(31-27-21)15-29-11-3-5-16(14-29)22(30)25-8-4-12-28-9-1-2-10-28/h6-7,13,16H,1-5,8-12,14-15H2,(H,25,30). The average molecular weight is 466 g/mol. The van der Waals surface area contributed by atoms with E-state index in [1.807, 2.05) is 0 Å². The summed E-state index contributed by atoms with van der Waals surface area (Å²) in [5, 5.41) is 8.23. The predicted octanol–water partition coefficient (Wildman–Crippen LogP) is 3.86. The maximum atomic E-state index is 12.6. The number of carbonyl (C=O) groups is 1. The van der Waals surface area contributed by atoms with E-state index >= 15 is 0 Å². The molecule has 2 fully saturated rings. The van der Waals surface area contributed by atoms with Gasteiger partial charge in [0.2, 0.25) is 17.6 Å². The summed E-state index contributed by atoms with van der Waals surface area (Å²) in [5.74, 6) is 1.13. The van der Waals surface area contributed by atoms with Crippen molar-refractivity contribution in [2.24, 2.45) is 5.92 Å². The summed E-state index contributed by atoms with van der Waals surface area (Å²) in [6.07, 6.45) is 5.52. The smallest absolute Gasteiger partial charge is 0.241 e. The van der Waals surface area contributed by atoms with Crippen molar-refractivity contribution in [3.63, 3.8) is 0 Å². The third kappa shape index (κ3) is 6.19. The van der Waals surface area contributed by atoms with Gasteiger partial charge in [-0.05, 0) is 76.5 Å². The molecule has 1 amide bonds. The molecule has 0 bridgehead atoms. The van der Waals surface area contributed by atoms with Crippen LogP contribution >= 0.6 is 23.2 Å². The number of amides is 1. The summed E-state index contributed by atoms with van der Waals surface area (Å²) in [7, 11) is 0. The highest BCUT2D eigenvalue weighted by Crippen LogP contribution is 2.28. The Morgan fingerprint density at radius 3 is 2.77 bits per heavy atom. The minimum atomic E-state index is 0.00800. The van der Waals surface area contributed by atoms with E-state index in [9.17, 15) is 4.79 Å². The molecule has 9 heteroatoms. The van der Waals surface area contributed by atoms with Crippen LogP contribution in [0.25, 0.3) is 11.4 Å². The lowest BCUT2D eigenvalue weighted by atomic mass is 9.97. The number of hydrogen-bond donors (Lipinski definition) is 1. The predicted molar refractivity (Wildman–Crippen MR) is 121 cm³/mol. The molecule has 2 aliphatic heterocycles. The topological polar surface area (TPSA) is 74.5 Å². The molecule has 168 valence electrons.